The Labute approximate surface area is 108 Å². The van der Waals surface area contributed by atoms with E-state index >= 15 is 0 Å². The topological polar surface area (TPSA) is 70.4 Å². The Kier molecular flexibility index (Phi) is 6.18. The number of amides is 1. The Morgan fingerprint density at radius 1 is 1.28 bits per heavy atom. The van der Waals surface area contributed by atoms with E-state index in [-0.39, 0.29) is 5.91 Å². The minimum Gasteiger partial charge on any atom is -0.352 e. The van der Waals surface area contributed by atoms with Gasteiger partial charge < -0.3 is 15.6 Å². The number of nitrogens with two attached hydrogens (primary N) is 1. The Balaban J connectivity index is 2.36. The van der Waals surface area contributed by atoms with E-state index in [4.69, 9.17) is 5.84 Å². The van der Waals surface area contributed by atoms with Crippen molar-refractivity contribution in [3.8, 4) is 0 Å². The van der Waals surface area contributed by atoms with E-state index in [0.717, 1.165) is 19.4 Å². The van der Waals surface area contributed by atoms with Crippen LogP contribution in [-0.2, 0) is 0 Å². The summed E-state index contributed by atoms with van der Waals surface area (Å²) in [5, 5.41) is 2.89. The van der Waals surface area contributed by atoms with Crippen LogP contribution in [0, 0.1) is 0 Å². The number of carbonyl (C=O) groups excluding carboxylic acids is 1. The molecule has 5 heteroatoms. The molecule has 0 saturated heterocycles. The van der Waals surface area contributed by atoms with E-state index in [1.807, 2.05) is 26.2 Å². The van der Waals surface area contributed by atoms with Gasteiger partial charge >= 0.3 is 0 Å². The largest absolute Gasteiger partial charge is 0.352 e. The fraction of sp³-hybridized carbons (Fsp3) is 0.462. The zero-order valence-corrected chi connectivity index (χ0v) is 11.1. The van der Waals surface area contributed by atoms with Gasteiger partial charge in [0.15, 0.2) is 0 Å². The number of unbranched alkanes of at least 4 members (excludes halogenated alkanes) is 1. The number of carbonyl (C=O) groups is 1. The molecule has 18 heavy (non-hydrogen) atoms. The Morgan fingerprint density at radius 2 is 2.00 bits per heavy atom. The van der Waals surface area contributed by atoms with Crippen LogP contribution in [-0.4, -0.2) is 38.0 Å². The van der Waals surface area contributed by atoms with Crippen molar-refractivity contribution < 1.29 is 4.79 Å². The summed E-state index contributed by atoms with van der Waals surface area (Å²) in [6.45, 7) is 1.72. The van der Waals surface area contributed by atoms with Gasteiger partial charge in [0, 0.05) is 6.54 Å². The van der Waals surface area contributed by atoms with Gasteiger partial charge in [0.2, 0.25) is 0 Å². The van der Waals surface area contributed by atoms with Gasteiger partial charge in [0.1, 0.15) is 0 Å². The summed E-state index contributed by atoms with van der Waals surface area (Å²) in [4.78, 5) is 14.0. The minimum absolute atomic E-state index is 0.0894. The number of nitrogens with zero attached hydrogens (tertiary/aromatic N) is 1. The molecule has 0 heterocycles. The molecule has 1 amide bonds. The lowest BCUT2D eigenvalue weighted by Gasteiger charge is -2.11. The molecule has 4 N–H and O–H groups in total. The summed E-state index contributed by atoms with van der Waals surface area (Å²) in [6, 6.07) is 7.19. The summed E-state index contributed by atoms with van der Waals surface area (Å²) in [5.41, 5.74) is 3.74. The van der Waals surface area contributed by atoms with Crippen molar-refractivity contribution in [1.29, 1.82) is 0 Å². The van der Waals surface area contributed by atoms with Gasteiger partial charge in [-0.05, 0) is 45.6 Å². The quantitative estimate of drug-likeness (QED) is 0.384. The average Bonchev–Trinajstić information content (AvgIpc) is 2.37. The van der Waals surface area contributed by atoms with Gasteiger partial charge in [-0.1, -0.05) is 12.1 Å². The van der Waals surface area contributed by atoms with Crippen LogP contribution in [0.25, 0.3) is 0 Å². The summed E-state index contributed by atoms with van der Waals surface area (Å²) >= 11 is 0. The number of para-hydroxylation sites is 1. The van der Waals surface area contributed by atoms with Crippen molar-refractivity contribution >= 4 is 11.6 Å². The monoisotopic (exact) mass is 250 g/mol. The summed E-state index contributed by atoms with van der Waals surface area (Å²) in [6.07, 6.45) is 2.05. The van der Waals surface area contributed by atoms with E-state index in [1.165, 1.54) is 0 Å². The number of anilines is 1. The molecule has 1 aromatic carbocycles. The summed E-state index contributed by atoms with van der Waals surface area (Å²) < 4.78 is 0. The van der Waals surface area contributed by atoms with Crippen LogP contribution >= 0.6 is 0 Å². The van der Waals surface area contributed by atoms with Crippen LogP contribution in [0.5, 0.6) is 0 Å². The summed E-state index contributed by atoms with van der Waals surface area (Å²) in [5.74, 6) is 5.27. The first kappa shape index (κ1) is 14.5. The number of hydrazine groups is 1. The van der Waals surface area contributed by atoms with Gasteiger partial charge in [0.25, 0.3) is 5.91 Å². The van der Waals surface area contributed by atoms with Gasteiger partial charge in [-0.2, -0.15) is 0 Å². The fourth-order valence-electron chi connectivity index (χ4n) is 1.66. The number of nitrogens with one attached hydrogen (secondary N) is 2. The Hall–Kier alpha value is -1.59. The average molecular weight is 250 g/mol. The highest BCUT2D eigenvalue weighted by molar-refractivity contribution is 5.99. The maximum absolute atomic E-state index is 11.9. The molecule has 1 aromatic rings. The van der Waals surface area contributed by atoms with Crippen molar-refractivity contribution in [3.63, 3.8) is 0 Å². The third kappa shape index (κ3) is 4.73. The molecule has 0 aliphatic heterocycles. The van der Waals surface area contributed by atoms with Gasteiger partial charge in [0.05, 0.1) is 11.3 Å². The van der Waals surface area contributed by atoms with E-state index in [0.29, 0.717) is 17.8 Å². The molecule has 0 saturated carbocycles. The van der Waals surface area contributed by atoms with Crippen LogP contribution in [0.2, 0.25) is 0 Å². The van der Waals surface area contributed by atoms with Gasteiger partial charge in [-0.15, -0.1) is 0 Å². The van der Waals surface area contributed by atoms with Crippen LogP contribution in [0.4, 0.5) is 5.69 Å². The number of benzene rings is 1. The predicted octanol–water partition coefficient (Wildman–Crippen LogP) is 1.04. The van der Waals surface area contributed by atoms with Gasteiger partial charge in [-0.25, -0.2) is 0 Å². The minimum atomic E-state index is -0.0894. The fourth-order valence-corrected chi connectivity index (χ4v) is 1.66. The van der Waals surface area contributed by atoms with Crippen molar-refractivity contribution in [2.75, 3.05) is 32.6 Å². The SMILES string of the molecule is CN(C)CCCCNC(=O)c1ccccc1NN. The van der Waals surface area contributed by atoms with Crippen molar-refractivity contribution in [2.45, 2.75) is 12.8 Å². The van der Waals surface area contributed by atoms with Crippen LogP contribution in [0.1, 0.15) is 23.2 Å². The highest BCUT2D eigenvalue weighted by Crippen LogP contribution is 2.12. The number of hydrogen-bond acceptors (Lipinski definition) is 4. The van der Waals surface area contributed by atoms with Crippen molar-refractivity contribution in [2.24, 2.45) is 5.84 Å². The Morgan fingerprint density at radius 3 is 2.67 bits per heavy atom. The Bertz CT molecular complexity index is 379. The predicted molar refractivity (Wildman–Crippen MR) is 74.4 cm³/mol. The van der Waals surface area contributed by atoms with E-state index in [2.05, 4.69) is 15.6 Å². The molecule has 0 radical (unpaired) electrons. The molecule has 0 aromatic heterocycles. The molecular formula is C13H22N4O. The highest BCUT2D eigenvalue weighted by Gasteiger charge is 2.08. The standard InChI is InChI=1S/C13H22N4O/c1-17(2)10-6-5-9-15-13(18)11-7-3-4-8-12(11)16-14/h3-4,7-8,16H,5-6,9-10,14H2,1-2H3,(H,15,18). The molecule has 5 nitrogen and oxygen atoms in total. The molecule has 0 atom stereocenters. The lowest BCUT2D eigenvalue weighted by atomic mass is 10.1. The molecule has 0 unspecified atom stereocenters. The smallest absolute Gasteiger partial charge is 0.253 e. The summed E-state index contributed by atoms with van der Waals surface area (Å²) in [7, 11) is 4.09. The maximum atomic E-state index is 11.9. The zero-order valence-electron chi connectivity index (χ0n) is 11.1. The van der Waals surface area contributed by atoms with Crippen LogP contribution in [0.3, 0.4) is 0 Å². The first-order valence-corrected chi connectivity index (χ1v) is 6.13. The van der Waals surface area contributed by atoms with E-state index in [1.54, 1.807) is 12.1 Å². The van der Waals surface area contributed by atoms with Gasteiger partial charge in [-0.3, -0.25) is 10.6 Å². The normalized spacial score (nSPS) is 10.4. The van der Waals surface area contributed by atoms with Crippen LogP contribution in [0.15, 0.2) is 24.3 Å². The second kappa shape index (κ2) is 7.68. The maximum Gasteiger partial charge on any atom is 0.253 e. The molecular weight excluding hydrogens is 228 g/mol. The third-order valence-corrected chi connectivity index (χ3v) is 2.64. The highest BCUT2D eigenvalue weighted by atomic mass is 16.1. The van der Waals surface area contributed by atoms with E-state index < -0.39 is 0 Å². The number of rotatable bonds is 7. The third-order valence-electron chi connectivity index (χ3n) is 2.64. The second-order valence-electron chi connectivity index (χ2n) is 4.46. The molecule has 0 aliphatic rings. The number of nitrogen functional groups attached to an aromatic ring is 1. The second-order valence-corrected chi connectivity index (χ2v) is 4.46. The van der Waals surface area contributed by atoms with Crippen molar-refractivity contribution in [1.82, 2.24) is 10.2 Å². The zero-order chi connectivity index (χ0) is 13.4. The first-order valence-electron chi connectivity index (χ1n) is 6.13. The molecule has 1 rings (SSSR count). The lowest BCUT2D eigenvalue weighted by molar-refractivity contribution is 0.0953. The molecule has 100 valence electrons. The molecule has 0 bridgehead atoms. The van der Waals surface area contributed by atoms with Crippen molar-refractivity contribution in [3.05, 3.63) is 29.8 Å². The first-order chi connectivity index (χ1) is 8.65. The number of hydrogen-bond donors (Lipinski definition) is 3. The molecule has 0 aliphatic carbocycles. The molecule has 0 fully saturated rings. The lowest BCUT2D eigenvalue weighted by Crippen LogP contribution is -2.26. The van der Waals surface area contributed by atoms with Crippen LogP contribution < -0.4 is 16.6 Å². The molecule has 0 spiro atoms. The van der Waals surface area contributed by atoms with E-state index in [9.17, 15) is 4.79 Å².